The monoisotopic (exact) mass is 266 g/mol. The van der Waals surface area contributed by atoms with Crippen molar-refractivity contribution in [1.82, 2.24) is 0 Å². The van der Waals surface area contributed by atoms with E-state index in [-0.39, 0.29) is 23.7 Å². The highest BCUT2D eigenvalue weighted by atomic mass is 16.2. The fraction of sp³-hybridized carbons (Fsp3) is 0.312. The molecule has 0 radical (unpaired) electrons. The zero-order chi connectivity index (χ0) is 14.3. The molecule has 0 saturated carbocycles. The van der Waals surface area contributed by atoms with E-state index < -0.39 is 0 Å². The van der Waals surface area contributed by atoms with Gasteiger partial charge in [0.05, 0.1) is 23.1 Å². The van der Waals surface area contributed by atoms with E-state index in [9.17, 15) is 14.9 Å². The van der Waals surface area contributed by atoms with Crippen LogP contribution in [0.25, 0.3) is 0 Å². The predicted octanol–water partition coefficient (Wildman–Crippen LogP) is 2.32. The number of benzene rings is 1. The van der Waals surface area contributed by atoms with Crippen LogP contribution in [0.15, 0.2) is 30.4 Å². The minimum absolute atomic E-state index is 0.175. The van der Waals surface area contributed by atoms with Crippen LogP contribution in [0, 0.1) is 30.1 Å². The Labute approximate surface area is 117 Å². The van der Waals surface area contributed by atoms with Crippen molar-refractivity contribution in [2.75, 3.05) is 4.90 Å². The Morgan fingerprint density at radius 1 is 1.15 bits per heavy atom. The molecule has 1 aromatic rings. The van der Waals surface area contributed by atoms with Gasteiger partial charge in [-0.3, -0.25) is 9.59 Å². The van der Waals surface area contributed by atoms with Crippen molar-refractivity contribution in [1.29, 1.82) is 5.26 Å². The zero-order valence-corrected chi connectivity index (χ0v) is 11.2. The molecule has 0 aromatic heterocycles. The van der Waals surface area contributed by atoms with Crippen LogP contribution in [0.1, 0.15) is 24.0 Å². The normalized spacial score (nSPS) is 24.7. The van der Waals surface area contributed by atoms with Gasteiger partial charge in [0, 0.05) is 0 Å². The highest BCUT2D eigenvalue weighted by Crippen LogP contribution is 2.38. The summed E-state index contributed by atoms with van der Waals surface area (Å²) < 4.78 is 0. The van der Waals surface area contributed by atoms with Crippen LogP contribution in [-0.4, -0.2) is 11.8 Å². The molecule has 0 spiro atoms. The van der Waals surface area contributed by atoms with Gasteiger partial charge in [0.25, 0.3) is 0 Å². The molecular formula is C16H14N2O2. The maximum absolute atomic E-state index is 12.5. The molecule has 1 heterocycles. The number of rotatable bonds is 1. The van der Waals surface area contributed by atoms with E-state index in [1.165, 1.54) is 4.90 Å². The fourth-order valence-corrected chi connectivity index (χ4v) is 3.02. The van der Waals surface area contributed by atoms with E-state index in [1.807, 2.05) is 25.1 Å². The molecule has 100 valence electrons. The van der Waals surface area contributed by atoms with Crippen molar-refractivity contribution in [3.8, 4) is 6.07 Å². The van der Waals surface area contributed by atoms with E-state index in [0.717, 1.165) is 5.56 Å². The van der Waals surface area contributed by atoms with Crippen molar-refractivity contribution in [3.63, 3.8) is 0 Å². The van der Waals surface area contributed by atoms with Gasteiger partial charge in [-0.1, -0.05) is 24.3 Å². The first-order valence-corrected chi connectivity index (χ1v) is 6.67. The van der Waals surface area contributed by atoms with Gasteiger partial charge in [0.1, 0.15) is 6.07 Å². The third-order valence-electron chi connectivity index (χ3n) is 4.11. The number of anilines is 1. The second-order valence-corrected chi connectivity index (χ2v) is 5.25. The molecule has 1 saturated heterocycles. The Hall–Kier alpha value is -2.41. The SMILES string of the molecule is Cc1cccc(N2C(=O)[C@H]3CC=CC[C@H]3C2=O)c1C#N. The third-order valence-corrected chi connectivity index (χ3v) is 4.11. The lowest BCUT2D eigenvalue weighted by Crippen LogP contribution is -2.31. The quantitative estimate of drug-likeness (QED) is 0.579. The molecule has 2 atom stereocenters. The average Bonchev–Trinajstić information content (AvgIpc) is 2.71. The number of nitrogens with zero attached hydrogens (tertiary/aromatic N) is 2. The lowest BCUT2D eigenvalue weighted by Gasteiger charge is -2.17. The first-order valence-electron chi connectivity index (χ1n) is 6.67. The predicted molar refractivity (Wildman–Crippen MR) is 73.7 cm³/mol. The molecule has 1 aliphatic carbocycles. The van der Waals surface area contributed by atoms with Gasteiger partial charge in [-0.25, -0.2) is 4.90 Å². The summed E-state index contributed by atoms with van der Waals surface area (Å²) in [4.78, 5) is 26.2. The summed E-state index contributed by atoms with van der Waals surface area (Å²) >= 11 is 0. The molecule has 2 amide bonds. The van der Waals surface area contributed by atoms with E-state index in [1.54, 1.807) is 12.1 Å². The van der Waals surface area contributed by atoms with Crippen molar-refractivity contribution in [2.45, 2.75) is 19.8 Å². The standard InChI is InChI=1S/C16H14N2O2/c1-10-5-4-8-14(13(10)9-17)18-15(19)11-6-2-3-7-12(11)16(18)20/h2-5,8,11-12H,6-7H2,1H3/t11-,12+. The minimum Gasteiger partial charge on any atom is -0.274 e. The molecule has 2 aliphatic rings. The molecule has 0 N–H and O–H groups in total. The van der Waals surface area contributed by atoms with Gasteiger partial charge in [0.15, 0.2) is 0 Å². The van der Waals surface area contributed by atoms with Crippen LogP contribution in [0.3, 0.4) is 0 Å². The van der Waals surface area contributed by atoms with E-state index in [2.05, 4.69) is 6.07 Å². The average molecular weight is 266 g/mol. The van der Waals surface area contributed by atoms with Gasteiger partial charge in [-0.15, -0.1) is 0 Å². The summed E-state index contributed by atoms with van der Waals surface area (Å²) in [5.41, 5.74) is 1.61. The molecule has 3 rings (SSSR count). The Morgan fingerprint density at radius 3 is 2.30 bits per heavy atom. The molecule has 1 aromatic carbocycles. The number of amides is 2. The molecule has 1 fully saturated rings. The molecule has 0 unspecified atom stereocenters. The number of allylic oxidation sites excluding steroid dienone is 2. The number of fused-ring (bicyclic) bond motifs is 1. The maximum atomic E-state index is 12.5. The lowest BCUT2D eigenvalue weighted by molar-refractivity contribution is -0.122. The lowest BCUT2D eigenvalue weighted by atomic mass is 9.85. The minimum atomic E-state index is -0.264. The molecular weight excluding hydrogens is 252 g/mol. The van der Waals surface area contributed by atoms with Crippen molar-refractivity contribution < 1.29 is 9.59 Å². The number of carbonyl (C=O) groups excluding carboxylic acids is 2. The van der Waals surface area contributed by atoms with Crippen molar-refractivity contribution >= 4 is 17.5 Å². The van der Waals surface area contributed by atoms with Gasteiger partial charge < -0.3 is 0 Å². The van der Waals surface area contributed by atoms with E-state index >= 15 is 0 Å². The Morgan fingerprint density at radius 2 is 1.75 bits per heavy atom. The number of aryl methyl sites for hydroxylation is 1. The number of nitriles is 1. The Balaban J connectivity index is 2.08. The van der Waals surface area contributed by atoms with Crippen LogP contribution in [0.2, 0.25) is 0 Å². The molecule has 4 heteroatoms. The van der Waals surface area contributed by atoms with E-state index in [4.69, 9.17) is 0 Å². The van der Waals surface area contributed by atoms with E-state index in [0.29, 0.717) is 24.1 Å². The van der Waals surface area contributed by atoms with Crippen LogP contribution >= 0.6 is 0 Å². The van der Waals surface area contributed by atoms with Gasteiger partial charge in [-0.2, -0.15) is 5.26 Å². The molecule has 0 bridgehead atoms. The van der Waals surface area contributed by atoms with Crippen LogP contribution in [0.5, 0.6) is 0 Å². The second-order valence-electron chi connectivity index (χ2n) is 5.25. The van der Waals surface area contributed by atoms with Crippen molar-refractivity contribution in [3.05, 3.63) is 41.5 Å². The van der Waals surface area contributed by atoms with Gasteiger partial charge in [-0.05, 0) is 31.4 Å². The number of hydrogen-bond donors (Lipinski definition) is 0. The number of imide groups is 1. The number of carbonyl (C=O) groups is 2. The summed E-state index contributed by atoms with van der Waals surface area (Å²) in [5.74, 6) is -0.878. The Bertz CT molecular complexity index is 644. The summed E-state index contributed by atoms with van der Waals surface area (Å²) in [6.07, 6.45) is 5.13. The molecule has 20 heavy (non-hydrogen) atoms. The van der Waals surface area contributed by atoms with Crippen LogP contribution in [0.4, 0.5) is 5.69 Å². The van der Waals surface area contributed by atoms with Crippen LogP contribution in [-0.2, 0) is 9.59 Å². The Kier molecular flexibility index (Phi) is 2.90. The van der Waals surface area contributed by atoms with Crippen molar-refractivity contribution in [2.24, 2.45) is 11.8 Å². The third kappa shape index (κ3) is 1.67. The summed E-state index contributed by atoms with van der Waals surface area (Å²) in [5, 5.41) is 9.28. The maximum Gasteiger partial charge on any atom is 0.238 e. The summed E-state index contributed by atoms with van der Waals surface area (Å²) in [6.45, 7) is 1.81. The first kappa shape index (κ1) is 12.6. The zero-order valence-electron chi connectivity index (χ0n) is 11.2. The largest absolute Gasteiger partial charge is 0.274 e. The fourth-order valence-electron chi connectivity index (χ4n) is 3.02. The smallest absolute Gasteiger partial charge is 0.238 e. The summed E-state index contributed by atoms with van der Waals surface area (Å²) in [6, 6.07) is 7.35. The second kappa shape index (κ2) is 4.61. The van der Waals surface area contributed by atoms with Gasteiger partial charge >= 0.3 is 0 Å². The highest BCUT2D eigenvalue weighted by molar-refractivity contribution is 6.22. The molecule has 4 nitrogen and oxygen atoms in total. The first-order chi connectivity index (χ1) is 9.65. The van der Waals surface area contributed by atoms with Crippen LogP contribution < -0.4 is 4.90 Å². The van der Waals surface area contributed by atoms with Gasteiger partial charge in [0.2, 0.25) is 11.8 Å². The topological polar surface area (TPSA) is 61.2 Å². The highest BCUT2D eigenvalue weighted by Gasteiger charge is 2.48. The molecule has 1 aliphatic heterocycles. The number of hydrogen-bond acceptors (Lipinski definition) is 3. The summed E-state index contributed by atoms with van der Waals surface area (Å²) in [7, 11) is 0.